The summed E-state index contributed by atoms with van der Waals surface area (Å²) < 4.78 is 52.9. The molecule has 0 fully saturated rings. The lowest BCUT2D eigenvalue weighted by molar-refractivity contribution is -0.137. The fourth-order valence-corrected chi connectivity index (χ4v) is 3.56. The second kappa shape index (κ2) is 7.42. The maximum atomic E-state index is 12.6. The molecule has 2 heterocycles. The third-order valence-corrected chi connectivity index (χ3v) is 5.56. The molecule has 1 aromatic carbocycles. The minimum atomic E-state index is -4.38. The Labute approximate surface area is 159 Å². The third kappa shape index (κ3) is 4.55. The van der Waals surface area contributed by atoms with E-state index in [-0.39, 0.29) is 11.3 Å². The van der Waals surface area contributed by atoms with Crippen molar-refractivity contribution < 1.29 is 22.6 Å². The molecular weight excluding hydrogens is 377 g/mol. The molecule has 0 aliphatic carbocycles. The highest BCUT2D eigenvalue weighted by molar-refractivity contribution is 7.98. The molecule has 0 spiro atoms. The number of ether oxygens (including phenoxy) is 2. The fourth-order valence-electron chi connectivity index (χ4n) is 2.66. The van der Waals surface area contributed by atoms with Gasteiger partial charge in [0, 0.05) is 11.8 Å². The second-order valence-electron chi connectivity index (χ2n) is 6.69. The average molecular weight is 396 g/mol. The first-order chi connectivity index (χ1) is 12.7. The summed E-state index contributed by atoms with van der Waals surface area (Å²) in [6.07, 6.45) is -2.52. The second-order valence-corrected chi connectivity index (χ2v) is 7.65. The van der Waals surface area contributed by atoms with Crippen molar-refractivity contribution in [2.75, 3.05) is 7.11 Å². The minimum Gasteiger partial charge on any atom is -0.453 e. The number of methoxy groups -OCH3 is 1. The van der Waals surface area contributed by atoms with Crippen molar-refractivity contribution in [2.24, 2.45) is 4.40 Å². The van der Waals surface area contributed by atoms with E-state index >= 15 is 0 Å². The Bertz CT molecular complexity index is 818. The lowest BCUT2D eigenvalue weighted by atomic mass is 9.96. The summed E-state index contributed by atoms with van der Waals surface area (Å²) in [5.41, 5.74) is 1.15. The van der Waals surface area contributed by atoms with Crippen LogP contribution in [-0.2, 0) is 22.1 Å². The van der Waals surface area contributed by atoms with E-state index in [0.29, 0.717) is 5.69 Å². The normalized spacial score (nSPS) is 19.2. The van der Waals surface area contributed by atoms with Crippen LogP contribution in [0.2, 0.25) is 0 Å². The molecule has 0 radical (unpaired) electrons. The SMILES string of the molecule is COC1=NSC(Cc2ccc(-c3ccc(C(F)(F)F)cn3)cc2)C(C)(C)O1. The number of pyridine rings is 1. The van der Waals surface area contributed by atoms with Gasteiger partial charge in [-0.1, -0.05) is 24.3 Å². The number of nitrogens with zero attached hydrogens (tertiary/aromatic N) is 2. The molecule has 1 atom stereocenters. The van der Waals surface area contributed by atoms with Gasteiger partial charge in [0.1, 0.15) is 5.60 Å². The van der Waals surface area contributed by atoms with E-state index in [1.54, 1.807) is 0 Å². The van der Waals surface area contributed by atoms with Gasteiger partial charge in [0.15, 0.2) is 0 Å². The molecule has 1 aliphatic rings. The molecule has 0 saturated carbocycles. The smallest absolute Gasteiger partial charge is 0.417 e. The summed E-state index contributed by atoms with van der Waals surface area (Å²) in [4.78, 5) is 3.93. The molecule has 1 aliphatic heterocycles. The quantitative estimate of drug-likeness (QED) is 0.674. The summed E-state index contributed by atoms with van der Waals surface area (Å²) in [5.74, 6) is 0. The van der Waals surface area contributed by atoms with Gasteiger partial charge < -0.3 is 9.47 Å². The summed E-state index contributed by atoms with van der Waals surface area (Å²) in [5, 5.41) is 0.103. The molecule has 0 saturated heterocycles. The Balaban J connectivity index is 1.71. The van der Waals surface area contributed by atoms with Crippen LogP contribution in [0.3, 0.4) is 0 Å². The van der Waals surface area contributed by atoms with Crippen molar-refractivity contribution in [1.82, 2.24) is 4.98 Å². The van der Waals surface area contributed by atoms with E-state index in [2.05, 4.69) is 9.38 Å². The van der Waals surface area contributed by atoms with Gasteiger partial charge in [-0.15, -0.1) is 4.40 Å². The maximum absolute atomic E-state index is 12.6. The number of rotatable bonds is 3. The molecule has 1 unspecified atom stereocenters. The molecule has 0 bridgehead atoms. The van der Waals surface area contributed by atoms with Crippen LogP contribution in [0, 0.1) is 0 Å². The first kappa shape index (κ1) is 19.5. The molecule has 3 rings (SSSR count). The van der Waals surface area contributed by atoms with Gasteiger partial charge in [0.2, 0.25) is 0 Å². The number of hydrogen-bond donors (Lipinski definition) is 0. The molecular formula is C19H19F3N2O2S. The van der Waals surface area contributed by atoms with Crippen molar-refractivity contribution in [3.8, 4) is 11.3 Å². The topological polar surface area (TPSA) is 43.7 Å². The maximum Gasteiger partial charge on any atom is 0.417 e. The molecule has 27 heavy (non-hydrogen) atoms. The Morgan fingerprint density at radius 2 is 1.85 bits per heavy atom. The van der Waals surface area contributed by atoms with Crippen molar-refractivity contribution >= 4 is 18.0 Å². The van der Waals surface area contributed by atoms with Crippen LogP contribution in [-0.4, -0.2) is 29.0 Å². The van der Waals surface area contributed by atoms with Gasteiger partial charge >= 0.3 is 12.3 Å². The van der Waals surface area contributed by atoms with E-state index in [1.807, 2.05) is 38.1 Å². The van der Waals surface area contributed by atoms with Crippen molar-refractivity contribution in [1.29, 1.82) is 0 Å². The Morgan fingerprint density at radius 1 is 1.15 bits per heavy atom. The van der Waals surface area contributed by atoms with Crippen LogP contribution in [0.4, 0.5) is 13.2 Å². The first-order valence-corrected chi connectivity index (χ1v) is 9.12. The highest BCUT2D eigenvalue weighted by Crippen LogP contribution is 2.35. The molecule has 0 N–H and O–H groups in total. The average Bonchev–Trinajstić information content (AvgIpc) is 2.63. The van der Waals surface area contributed by atoms with Crippen molar-refractivity contribution in [3.05, 3.63) is 53.7 Å². The molecule has 4 nitrogen and oxygen atoms in total. The number of alkyl halides is 3. The van der Waals surface area contributed by atoms with E-state index < -0.39 is 17.3 Å². The Kier molecular flexibility index (Phi) is 5.37. The van der Waals surface area contributed by atoms with Crippen LogP contribution in [0.15, 0.2) is 47.0 Å². The molecule has 0 amide bonds. The number of hydrogen-bond acceptors (Lipinski definition) is 5. The van der Waals surface area contributed by atoms with E-state index in [4.69, 9.17) is 9.47 Å². The summed E-state index contributed by atoms with van der Waals surface area (Å²) >= 11 is 1.42. The van der Waals surface area contributed by atoms with Gasteiger partial charge in [0.05, 0.1) is 23.6 Å². The van der Waals surface area contributed by atoms with Crippen LogP contribution in [0.1, 0.15) is 25.0 Å². The Morgan fingerprint density at radius 3 is 2.37 bits per heavy atom. The lowest BCUT2D eigenvalue weighted by Gasteiger charge is -2.35. The fraction of sp³-hybridized carbons (Fsp3) is 0.368. The van der Waals surface area contributed by atoms with Gasteiger partial charge in [0.25, 0.3) is 0 Å². The number of benzene rings is 1. The van der Waals surface area contributed by atoms with E-state index in [0.717, 1.165) is 29.8 Å². The predicted molar refractivity (Wildman–Crippen MR) is 99.4 cm³/mol. The van der Waals surface area contributed by atoms with Gasteiger partial charge in [-0.2, -0.15) is 13.2 Å². The van der Waals surface area contributed by atoms with Crippen LogP contribution in [0.25, 0.3) is 11.3 Å². The predicted octanol–water partition coefficient (Wildman–Crippen LogP) is 5.14. The summed E-state index contributed by atoms with van der Waals surface area (Å²) in [7, 11) is 1.52. The molecule has 144 valence electrons. The Hall–Kier alpha value is -2.22. The highest BCUT2D eigenvalue weighted by Gasteiger charge is 2.37. The standard InChI is InChI=1S/C19H19F3N2O2S/c1-18(2)16(27-24-17(25-3)26-18)10-12-4-6-13(7-5-12)15-9-8-14(11-23-15)19(20,21)22/h4-9,11,16H,10H2,1-3H3. The number of aromatic nitrogens is 1. The molecule has 1 aromatic heterocycles. The monoisotopic (exact) mass is 396 g/mol. The van der Waals surface area contributed by atoms with Gasteiger partial charge in [-0.05, 0) is 49.9 Å². The minimum absolute atomic E-state index is 0.103. The zero-order chi connectivity index (χ0) is 19.7. The van der Waals surface area contributed by atoms with E-state index in [9.17, 15) is 13.2 Å². The van der Waals surface area contributed by atoms with Crippen molar-refractivity contribution in [2.45, 2.75) is 37.3 Å². The largest absolute Gasteiger partial charge is 0.453 e. The van der Waals surface area contributed by atoms with Gasteiger partial charge in [-0.3, -0.25) is 4.98 Å². The lowest BCUT2D eigenvalue weighted by Crippen LogP contribution is -2.42. The molecule has 2 aromatic rings. The van der Waals surface area contributed by atoms with Crippen LogP contribution in [0.5, 0.6) is 0 Å². The summed E-state index contributed by atoms with van der Waals surface area (Å²) in [6.45, 7) is 3.97. The zero-order valence-corrected chi connectivity index (χ0v) is 15.9. The van der Waals surface area contributed by atoms with Crippen molar-refractivity contribution in [3.63, 3.8) is 0 Å². The van der Waals surface area contributed by atoms with Crippen LogP contribution < -0.4 is 0 Å². The van der Waals surface area contributed by atoms with E-state index in [1.165, 1.54) is 25.1 Å². The third-order valence-electron chi connectivity index (χ3n) is 4.32. The highest BCUT2D eigenvalue weighted by atomic mass is 32.2. The first-order valence-electron chi connectivity index (χ1n) is 8.28. The molecule has 8 heteroatoms. The number of halogens is 3. The van der Waals surface area contributed by atoms with Gasteiger partial charge in [-0.25, -0.2) is 0 Å². The zero-order valence-electron chi connectivity index (χ0n) is 15.1. The van der Waals surface area contributed by atoms with Crippen LogP contribution >= 0.6 is 11.9 Å². The summed E-state index contributed by atoms with van der Waals surface area (Å²) in [6, 6.07) is 10.0.